The number of nitrogens with zero attached hydrogens (tertiary/aromatic N) is 1. The van der Waals surface area contributed by atoms with Crippen LogP contribution in [0.15, 0.2) is 88.8 Å². The Kier molecular flexibility index (Phi) is 4.76. The molecule has 0 aliphatic heterocycles. The molecule has 0 radical (unpaired) electrons. The number of para-hydroxylation sites is 1. The van der Waals surface area contributed by atoms with Gasteiger partial charge >= 0.3 is 0 Å². The first-order valence-electron chi connectivity index (χ1n) is 9.19. The molecule has 0 saturated carbocycles. The van der Waals surface area contributed by atoms with Crippen LogP contribution >= 0.6 is 0 Å². The molecule has 1 aromatic heterocycles. The van der Waals surface area contributed by atoms with Gasteiger partial charge in [-0.25, -0.2) is 8.42 Å². The van der Waals surface area contributed by atoms with Crippen LogP contribution in [0.4, 0.5) is 0 Å². The summed E-state index contributed by atoms with van der Waals surface area (Å²) in [5.74, 6) is -0.360. The minimum atomic E-state index is -3.93. The molecule has 0 fully saturated rings. The van der Waals surface area contributed by atoms with E-state index in [0.29, 0.717) is 16.5 Å². The highest BCUT2D eigenvalue weighted by atomic mass is 32.2. The number of carbonyl (C=O) groups excluding carboxylic acids is 1. The van der Waals surface area contributed by atoms with Crippen molar-refractivity contribution in [2.45, 2.75) is 23.6 Å². The van der Waals surface area contributed by atoms with Crippen molar-refractivity contribution in [3.63, 3.8) is 0 Å². The summed E-state index contributed by atoms with van der Waals surface area (Å²) in [6.45, 7) is 3.89. The molecule has 0 atom stereocenters. The van der Waals surface area contributed by atoms with E-state index < -0.39 is 9.84 Å². The van der Waals surface area contributed by atoms with E-state index >= 15 is 0 Å². The summed E-state index contributed by atoms with van der Waals surface area (Å²) < 4.78 is 27.1. The minimum Gasteiger partial charge on any atom is -0.289 e. The lowest BCUT2D eigenvalue weighted by Gasteiger charge is -2.13. The lowest BCUT2D eigenvalue weighted by Crippen LogP contribution is -2.13. The largest absolute Gasteiger partial charge is 0.289 e. The summed E-state index contributed by atoms with van der Waals surface area (Å²) in [5, 5.41) is 0.436. The van der Waals surface area contributed by atoms with E-state index in [4.69, 9.17) is 0 Å². The molecule has 0 spiro atoms. The molecular weight excluding hydrogens is 382 g/mol. The molecule has 0 amide bonds. The van der Waals surface area contributed by atoms with E-state index in [1.165, 1.54) is 18.3 Å². The molecule has 0 bridgehead atoms. The van der Waals surface area contributed by atoms with E-state index in [9.17, 15) is 13.2 Å². The Morgan fingerprint density at radius 1 is 0.828 bits per heavy atom. The average Bonchev–Trinajstić information content (AvgIpc) is 2.75. The molecule has 4 aromatic rings. The Hall–Kier alpha value is -3.31. The van der Waals surface area contributed by atoms with Crippen LogP contribution in [0.2, 0.25) is 0 Å². The zero-order valence-electron chi connectivity index (χ0n) is 16.1. The van der Waals surface area contributed by atoms with E-state index in [0.717, 1.165) is 11.1 Å². The maximum absolute atomic E-state index is 13.5. The molecule has 1 heterocycles. The topological polar surface area (TPSA) is 64.1 Å². The van der Waals surface area contributed by atoms with E-state index in [1.54, 1.807) is 54.6 Å². The van der Waals surface area contributed by atoms with E-state index in [1.807, 2.05) is 19.9 Å². The number of aromatic nitrogens is 1. The monoisotopic (exact) mass is 401 g/mol. The van der Waals surface area contributed by atoms with Gasteiger partial charge in [0, 0.05) is 17.1 Å². The highest BCUT2D eigenvalue weighted by molar-refractivity contribution is 7.91. The second-order valence-corrected chi connectivity index (χ2v) is 8.85. The van der Waals surface area contributed by atoms with Crippen LogP contribution in [0.5, 0.6) is 0 Å². The Balaban J connectivity index is 2.02. The number of aryl methyl sites for hydroxylation is 2. The van der Waals surface area contributed by atoms with Crippen LogP contribution in [0.1, 0.15) is 27.0 Å². The van der Waals surface area contributed by atoms with Gasteiger partial charge in [0.2, 0.25) is 9.84 Å². The van der Waals surface area contributed by atoms with Gasteiger partial charge in [0.25, 0.3) is 0 Å². The van der Waals surface area contributed by atoms with E-state index in [2.05, 4.69) is 4.98 Å². The predicted octanol–water partition coefficient (Wildman–Crippen LogP) is 4.92. The average molecular weight is 401 g/mol. The molecule has 144 valence electrons. The summed E-state index contributed by atoms with van der Waals surface area (Å²) in [6, 6.07) is 20.5. The number of pyridine rings is 1. The second-order valence-electron chi connectivity index (χ2n) is 6.96. The molecule has 4 rings (SSSR count). The van der Waals surface area contributed by atoms with Gasteiger partial charge in [-0.3, -0.25) is 9.78 Å². The van der Waals surface area contributed by atoms with Gasteiger partial charge in [-0.1, -0.05) is 48.5 Å². The molecule has 0 N–H and O–H groups in total. The van der Waals surface area contributed by atoms with Gasteiger partial charge < -0.3 is 0 Å². The van der Waals surface area contributed by atoms with Crippen molar-refractivity contribution >= 4 is 26.5 Å². The Labute approximate surface area is 169 Å². The fourth-order valence-electron chi connectivity index (χ4n) is 3.32. The lowest BCUT2D eigenvalue weighted by atomic mass is 9.99. The zero-order chi connectivity index (χ0) is 20.6. The van der Waals surface area contributed by atoms with Crippen LogP contribution in [0.3, 0.4) is 0 Å². The highest BCUT2D eigenvalue weighted by Crippen LogP contribution is 2.32. The first-order valence-corrected chi connectivity index (χ1v) is 10.7. The summed E-state index contributed by atoms with van der Waals surface area (Å²) in [7, 11) is -3.93. The lowest BCUT2D eigenvalue weighted by molar-refractivity contribution is 0.103. The number of hydrogen-bond donors (Lipinski definition) is 0. The van der Waals surface area contributed by atoms with Crippen molar-refractivity contribution in [2.24, 2.45) is 0 Å². The minimum absolute atomic E-state index is 0.00229. The molecule has 3 aromatic carbocycles. The summed E-state index contributed by atoms with van der Waals surface area (Å²) in [5.41, 5.74) is 3.08. The third-order valence-corrected chi connectivity index (χ3v) is 6.93. The second kappa shape index (κ2) is 7.26. The van der Waals surface area contributed by atoms with Crippen LogP contribution < -0.4 is 0 Å². The van der Waals surface area contributed by atoms with Crippen molar-refractivity contribution in [1.29, 1.82) is 0 Å². The van der Waals surface area contributed by atoms with Crippen LogP contribution in [0, 0.1) is 13.8 Å². The standard InChI is InChI=1S/C24H19NO3S/c1-16-12-13-18(14-17(16)2)23(26)21-15-25-22-11-7-6-10-20(22)24(21)29(27,28)19-8-4-3-5-9-19/h3-15H,1-2H3. The van der Waals surface area contributed by atoms with Crippen molar-refractivity contribution in [3.05, 3.63) is 101 Å². The Morgan fingerprint density at radius 2 is 1.52 bits per heavy atom. The van der Waals surface area contributed by atoms with Crippen LogP contribution in [0.25, 0.3) is 10.9 Å². The quantitative estimate of drug-likeness (QED) is 0.456. The van der Waals surface area contributed by atoms with Gasteiger partial charge in [0.05, 0.1) is 20.9 Å². The normalized spacial score (nSPS) is 11.5. The number of benzene rings is 3. The van der Waals surface area contributed by atoms with Crippen molar-refractivity contribution < 1.29 is 13.2 Å². The third-order valence-electron chi connectivity index (χ3n) is 5.06. The highest BCUT2D eigenvalue weighted by Gasteiger charge is 2.28. The maximum Gasteiger partial charge on any atom is 0.208 e. The molecular formula is C24H19NO3S. The number of rotatable bonds is 4. The molecule has 4 nitrogen and oxygen atoms in total. The van der Waals surface area contributed by atoms with Gasteiger partial charge in [-0.05, 0) is 49.2 Å². The smallest absolute Gasteiger partial charge is 0.208 e. The van der Waals surface area contributed by atoms with Crippen molar-refractivity contribution in [3.8, 4) is 0 Å². The predicted molar refractivity (Wildman–Crippen MR) is 113 cm³/mol. The molecule has 0 aliphatic rings. The third kappa shape index (κ3) is 3.34. The van der Waals surface area contributed by atoms with Crippen molar-refractivity contribution in [1.82, 2.24) is 4.98 Å². The first kappa shape index (κ1) is 19.0. The number of sulfone groups is 1. The Bertz CT molecular complexity index is 1340. The molecule has 0 unspecified atom stereocenters. The van der Waals surface area contributed by atoms with Crippen LogP contribution in [-0.4, -0.2) is 19.2 Å². The molecule has 0 aliphatic carbocycles. The maximum atomic E-state index is 13.5. The summed E-state index contributed by atoms with van der Waals surface area (Å²) in [6.07, 6.45) is 1.37. The fourth-order valence-corrected chi connectivity index (χ4v) is 4.97. The number of hydrogen-bond acceptors (Lipinski definition) is 4. The SMILES string of the molecule is Cc1ccc(C(=O)c2cnc3ccccc3c2S(=O)(=O)c2ccccc2)cc1C. The van der Waals surface area contributed by atoms with Crippen molar-refractivity contribution in [2.75, 3.05) is 0 Å². The van der Waals surface area contributed by atoms with Gasteiger partial charge in [-0.15, -0.1) is 0 Å². The van der Waals surface area contributed by atoms with Crippen LogP contribution in [-0.2, 0) is 9.84 Å². The first-order chi connectivity index (χ1) is 13.9. The Morgan fingerprint density at radius 3 is 2.24 bits per heavy atom. The van der Waals surface area contributed by atoms with Gasteiger partial charge in [0.15, 0.2) is 5.78 Å². The summed E-state index contributed by atoms with van der Waals surface area (Å²) in [4.78, 5) is 17.8. The number of ketones is 1. The molecule has 29 heavy (non-hydrogen) atoms. The fraction of sp³-hybridized carbons (Fsp3) is 0.0833. The number of carbonyl (C=O) groups is 1. The zero-order valence-corrected chi connectivity index (χ0v) is 16.9. The van der Waals surface area contributed by atoms with Gasteiger partial charge in [0.1, 0.15) is 0 Å². The summed E-state index contributed by atoms with van der Waals surface area (Å²) >= 11 is 0. The van der Waals surface area contributed by atoms with Gasteiger partial charge in [-0.2, -0.15) is 0 Å². The molecule has 0 saturated heterocycles. The number of fused-ring (bicyclic) bond motifs is 1. The molecule has 5 heteroatoms. The van der Waals surface area contributed by atoms with E-state index in [-0.39, 0.29) is 21.1 Å².